The van der Waals surface area contributed by atoms with Crippen LogP contribution in [0.2, 0.25) is 0 Å². The van der Waals surface area contributed by atoms with E-state index in [-0.39, 0.29) is 12.4 Å². The Labute approximate surface area is 153 Å². The highest BCUT2D eigenvalue weighted by molar-refractivity contribution is 5.85. The lowest BCUT2D eigenvalue weighted by atomic mass is 10.1. The van der Waals surface area contributed by atoms with Crippen LogP contribution in [-0.2, 0) is 6.54 Å². The van der Waals surface area contributed by atoms with Crippen LogP contribution in [0.5, 0.6) is 0 Å². The van der Waals surface area contributed by atoms with Crippen molar-refractivity contribution in [2.45, 2.75) is 32.9 Å². The predicted octanol–water partition coefficient (Wildman–Crippen LogP) is 2.42. The van der Waals surface area contributed by atoms with E-state index in [1.54, 1.807) is 0 Å². The van der Waals surface area contributed by atoms with Gasteiger partial charge in [-0.25, -0.2) is 0 Å². The van der Waals surface area contributed by atoms with Crippen LogP contribution in [0, 0.1) is 5.92 Å². The second-order valence-corrected chi connectivity index (χ2v) is 7.29. The molecule has 2 atom stereocenters. The van der Waals surface area contributed by atoms with Crippen molar-refractivity contribution in [1.82, 2.24) is 9.80 Å². The van der Waals surface area contributed by atoms with Crippen molar-refractivity contribution in [2.75, 3.05) is 50.7 Å². The molecule has 0 aromatic heterocycles. The van der Waals surface area contributed by atoms with E-state index < -0.39 is 0 Å². The average Bonchev–Trinajstić information content (AvgIpc) is 2.87. The number of hydrogen-bond donors (Lipinski definition) is 1. The number of para-hydroxylation sites is 1. The van der Waals surface area contributed by atoms with Crippen LogP contribution in [0.4, 0.5) is 5.69 Å². The molecule has 1 aromatic rings. The Balaban J connectivity index is 0.00000208. The Morgan fingerprint density at radius 2 is 1.75 bits per heavy atom. The number of nitrogens with zero attached hydrogens (tertiary/aromatic N) is 3. The zero-order chi connectivity index (χ0) is 16.2. The van der Waals surface area contributed by atoms with Gasteiger partial charge in [-0.05, 0) is 30.5 Å². The molecular weight excluding hydrogens is 320 g/mol. The zero-order valence-electron chi connectivity index (χ0n) is 15.2. The molecule has 0 radical (unpaired) electrons. The summed E-state index contributed by atoms with van der Waals surface area (Å²) >= 11 is 0. The van der Waals surface area contributed by atoms with Crippen molar-refractivity contribution in [3.8, 4) is 0 Å². The Morgan fingerprint density at radius 1 is 1.04 bits per heavy atom. The van der Waals surface area contributed by atoms with Gasteiger partial charge in [0, 0.05) is 57.5 Å². The van der Waals surface area contributed by atoms with Crippen molar-refractivity contribution >= 4 is 18.1 Å². The molecule has 2 N–H and O–H groups in total. The van der Waals surface area contributed by atoms with Gasteiger partial charge in [0.05, 0.1) is 0 Å². The first-order valence-corrected chi connectivity index (χ1v) is 9.20. The monoisotopic (exact) mass is 352 g/mol. The van der Waals surface area contributed by atoms with Crippen LogP contribution < -0.4 is 10.6 Å². The molecule has 24 heavy (non-hydrogen) atoms. The molecule has 2 unspecified atom stereocenters. The first kappa shape index (κ1) is 19.5. The minimum atomic E-state index is 0. The molecule has 2 saturated heterocycles. The highest BCUT2D eigenvalue weighted by atomic mass is 35.5. The fraction of sp³-hybridized carbons (Fsp3) is 0.684. The maximum Gasteiger partial charge on any atom is 0.0412 e. The summed E-state index contributed by atoms with van der Waals surface area (Å²) in [5, 5.41) is 0. The molecule has 2 heterocycles. The van der Waals surface area contributed by atoms with E-state index in [0.717, 1.165) is 32.7 Å². The molecule has 3 rings (SSSR count). The van der Waals surface area contributed by atoms with Gasteiger partial charge in [0.2, 0.25) is 0 Å². The van der Waals surface area contributed by atoms with Gasteiger partial charge in [-0.3, -0.25) is 9.80 Å². The number of likely N-dealkylation sites (tertiary alicyclic amines) is 1. The normalized spacial score (nSPS) is 25.7. The largest absolute Gasteiger partial charge is 0.369 e. The third kappa shape index (κ3) is 4.63. The molecule has 0 bridgehead atoms. The predicted molar refractivity (Wildman–Crippen MR) is 105 cm³/mol. The zero-order valence-corrected chi connectivity index (χ0v) is 16.0. The van der Waals surface area contributed by atoms with Crippen LogP contribution in [0.3, 0.4) is 0 Å². The first-order chi connectivity index (χ1) is 11.2. The third-order valence-corrected chi connectivity index (χ3v) is 5.38. The van der Waals surface area contributed by atoms with Gasteiger partial charge in [0.1, 0.15) is 0 Å². The average molecular weight is 353 g/mol. The summed E-state index contributed by atoms with van der Waals surface area (Å²) in [5.41, 5.74) is 9.07. The van der Waals surface area contributed by atoms with Gasteiger partial charge >= 0.3 is 0 Å². The fourth-order valence-corrected chi connectivity index (χ4v) is 3.95. The van der Waals surface area contributed by atoms with Gasteiger partial charge in [-0.1, -0.05) is 32.0 Å². The maximum absolute atomic E-state index is 6.19. The van der Waals surface area contributed by atoms with E-state index in [9.17, 15) is 0 Å². The van der Waals surface area contributed by atoms with E-state index in [1.807, 2.05) is 0 Å². The number of nitrogens with two attached hydrogens (primary N) is 1. The molecule has 2 fully saturated rings. The summed E-state index contributed by atoms with van der Waals surface area (Å²) in [5.74, 6) is 0.611. The number of anilines is 1. The van der Waals surface area contributed by atoms with Crippen LogP contribution in [0.15, 0.2) is 24.3 Å². The lowest BCUT2D eigenvalue weighted by Crippen LogP contribution is -2.47. The van der Waals surface area contributed by atoms with Gasteiger partial charge in [-0.15, -0.1) is 12.4 Å². The molecule has 0 aliphatic carbocycles. The molecule has 1 aromatic carbocycles. The van der Waals surface area contributed by atoms with Crippen molar-refractivity contribution in [2.24, 2.45) is 11.7 Å². The Kier molecular flexibility index (Phi) is 7.35. The summed E-state index contributed by atoms with van der Waals surface area (Å²) in [4.78, 5) is 7.67. The Bertz CT molecular complexity index is 492. The SMILES string of the molecule is CCCN1CCN(c2ccccc2CN2CC(C)C(N)C2)CC1.Cl. The summed E-state index contributed by atoms with van der Waals surface area (Å²) in [6.07, 6.45) is 1.25. The minimum absolute atomic E-state index is 0. The lowest BCUT2D eigenvalue weighted by molar-refractivity contribution is 0.258. The highest BCUT2D eigenvalue weighted by Crippen LogP contribution is 2.25. The van der Waals surface area contributed by atoms with E-state index in [4.69, 9.17) is 5.73 Å². The molecular formula is C19H33ClN4. The van der Waals surface area contributed by atoms with E-state index in [0.29, 0.717) is 12.0 Å². The first-order valence-electron chi connectivity index (χ1n) is 9.20. The molecule has 5 heteroatoms. The second kappa shape index (κ2) is 9.04. The number of benzene rings is 1. The fourth-order valence-electron chi connectivity index (χ4n) is 3.95. The standard InChI is InChI=1S/C19H32N4.ClH/c1-3-8-21-9-11-23(12-10-21)19-7-5-4-6-17(19)14-22-13-16(2)18(20)15-22;/h4-7,16,18H,3,8-15,20H2,1-2H3;1H. The van der Waals surface area contributed by atoms with Gasteiger partial charge in [-0.2, -0.15) is 0 Å². The van der Waals surface area contributed by atoms with Crippen LogP contribution >= 0.6 is 12.4 Å². The van der Waals surface area contributed by atoms with E-state index >= 15 is 0 Å². The maximum atomic E-state index is 6.19. The summed E-state index contributed by atoms with van der Waals surface area (Å²) < 4.78 is 0. The molecule has 4 nitrogen and oxygen atoms in total. The Morgan fingerprint density at radius 3 is 2.38 bits per heavy atom. The molecule has 0 saturated carbocycles. The number of hydrogen-bond acceptors (Lipinski definition) is 4. The van der Waals surface area contributed by atoms with Crippen LogP contribution in [0.25, 0.3) is 0 Å². The van der Waals surface area contributed by atoms with Crippen LogP contribution in [0.1, 0.15) is 25.8 Å². The number of halogens is 1. The molecule has 136 valence electrons. The van der Waals surface area contributed by atoms with Crippen molar-refractivity contribution in [3.63, 3.8) is 0 Å². The smallest absolute Gasteiger partial charge is 0.0412 e. The number of piperazine rings is 1. The van der Waals surface area contributed by atoms with Crippen molar-refractivity contribution < 1.29 is 0 Å². The second-order valence-electron chi connectivity index (χ2n) is 7.29. The molecule has 0 spiro atoms. The summed E-state index contributed by atoms with van der Waals surface area (Å²) in [6, 6.07) is 9.27. The Hall–Kier alpha value is -0.810. The van der Waals surface area contributed by atoms with Crippen molar-refractivity contribution in [1.29, 1.82) is 0 Å². The molecule has 2 aliphatic heterocycles. The quantitative estimate of drug-likeness (QED) is 0.882. The summed E-state index contributed by atoms with van der Waals surface area (Å²) in [7, 11) is 0. The third-order valence-electron chi connectivity index (χ3n) is 5.38. The minimum Gasteiger partial charge on any atom is -0.369 e. The highest BCUT2D eigenvalue weighted by Gasteiger charge is 2.27. The molecule has 2 aliphatic rings. The van der Waals surface area contributed by atoms with E-state index in [2.05, 4.69) is 52.8 Å². The van der Waals surface area contributed by atoms with Gasteiger partial charge in [0.25, 0.3) is 0 Å². The molecule has 0 amide bonds. The van der Waals surface area contributed by atoms with E-state index in [1.165, 1.54) is 37.3 Å². The van der Waals surface area contributed by atoms with Crippen LogP contribution in [-0.4, -0.2) is 61.7 Å². The lowest BCUT2D eigenvalue weighted by Gasteiger charge is -2.37. The summed E-state index contributed by atoms with van der Waals surface area (Å²) in [6.45, 7) is 13.6. The topological polar surface area (TPSA) is 35.7 Å². The van der Waals surface area contributed by atoms with Crippen molar-refractivity contribution in [3.05, 3.63) is 29.8 Å². The van der Waals surface area contributed by atoms with Gasteiger partial charge < -0.3 is 10.6 Å². The van der Waals surface area contributed by atoms with Gasteiger partial charge in [0.15, 0.2) is 0 Å². The number of rotatable bonds is 5.